The molecule has 3 aromatic rings. The van der Waals surface area contributed by atoms with E-state index in [1.165, 1.54) is 12.8 Å². The number of aliphatic carboxylic acids is 1. The Labute approximate surface area is 194 Å². The third-order valence-corrected chi connectivity index (χ3v) is 6.55. The van der Waals surface area contributed by atoms with Gasteiger partial charge in [-0.15, -0.1) is 0 Å². The fourth-order valence-electron chi connectivity index (χ4n) is 4.79. The van der Waals surface area contributed by atoms with Crippen molar-refractivity contribution >= 4 is 22.8 Å². The molecule has 1 amide bonds. The van der Waals surface area contributed by atoms with Crippen molar-refractivity contribution in [2.45, 2.75) is 32.1 Å². The average Bonchev–Trinajstić information content (AvgIpc) is 2.82. The second-order valence-electron chi connectivity index (χ2n) is 9.00. The molecule has 33 heavy (non-hydrogen) atoms. The molecular formula is C27H31N3O3. The highest BCUT2D eigenvalue weighted by Gasteiger charge is 2.22. The van der Waals surface area contributed by atoms with Gasteiger partial charge in [0.2, 0.25) is 0 Å². The molecule has 0 aliphatic heterocycles. The van der Waals surface area contributed by atoms with Gasteiger partial charge in [-0.05, 0) is 74.9 Å². The lowest BCUT2D eigenvalue weighted by molar-refractivity contribution is -0.136. The average molecular weight is 446 g/mol. The number of carboxylic acids is 1. The van der Waals surface area contributed by atoms with Gasteiger partial charge in [0.1, 0.15) is 0 Å². The Morgan fingerprint density at radius 2 is 1.70 bits per heavy atom. The number of carbonyl (C=O) groups is 2. The Balaban J connectivity index is 1.55. The molecule has 2 aromatic carbocycles. The molecule has 1 fully saturated rings. The highest BCUT2D eigenvalue weighted by atomic mass is 16.4. The van der Waals surface area contributed by atoms with E-state index in [0.717, 1.165) is 41.8 Å². The number of pyridine rings is 1. The van der Waals surface area contributed by atoms with Gasteiger partial charge in [0, 0.05) is 17.5 Å². The first-order valence-electron chi connectivity index (χ1n) is 11.7. The molecule has 1 aliphatic carbocycles. The van der Waals surface area contributed by atoms with Crippen LogP contribution < -0.4 is 10.6 Å². The predicted octanol–water partition coefficient (Wildman–Crippen LogP) is 4.28. The van der Waals surface area contributed by atoms with Gasteiger partial charge >= 0.3 is 5.97 Å². The van der Waals surface area contributed by atoms with Gasteiger partial charge in [-0.2, -0.15) is 0 Å². The van der Waals surface area contributed by atoms with Crippen LogP contribution in [0.4, 0.5) is 0 Å². The molecule has 1 saturated carbocycles. The largest absolute Gasteiger partial charge is 0.481 e. The highest BCUT2D eigenvalue weighted by molar-refractivity contribution is 6.07. The van der Waals surface area contributed by atoms with Crippen LogP contribution in [0.25, 0.3) is 22.2 Å². The molecule has 172 valence electrons. The van der Waals surface area contributed by atoms with Crippen molar-refractivity contribution in [3.8, 4) is 11.3 Å². The number of aromatic nitrogens is 1. The Morgan fingerprint density at radius 1 is 0.970 bits per heavy atom. The van der Waals surface area contributed by atoms with Crippen LogP contribution >= 0.6 is 0 Å². The molecule has 0 spiro atoms. The van der Waals surface area contributed by atoms with E-state index < -0.39 is 5.97 Å². The maximum absolute atomic E-state index is 13.2. The number of rotatable bonds is 8. The molecule has 0 saturated heterocycles. The minimum absolute atomic E-state index is 0.0503. The minimum atomic E-state index is -0.876. The molecule has 1 aliphatic rings. The fourth-order valence-corrected chi connectivity index (χ4v) is 4.79. The van der Waals surface area contributed by atoms with E-state index >= 15 is 0 Å². The maximum atomic E-state index is 13.2. The van der Waals surface area contributed by atoms with Gasteiger partial charge in [0.05, 0.1) is 23.2 Å². The molecular weight excluding hydrogens is 414 g/mol. The number of nitrogens with one attached hydrogen (secondary N) is 2. The summed E-state index contributed by atoms with van der Waals surface area (Å²) in [7, 11) is 2.00. The molecule has 0 unspecified atom stereocenters. The van der Waals surface area contributed by atoms with E-state index in [9.17, 15) is 9.59 Å². The lowest BCUT2D eigenvalue weighted by Gasteiger charge is -2.28. The number of para-hydroxylation sites is 1. The zero-order valence-corrected chi connectivity index (χ0v) is 19.0. The number of nitrogens with zero attached hydrogens (tertiary/aromatic N) is 1. The van der Waals surface area contributed by atoms with Gasteiger partial charge in [0.25, 0.3) is 5.91 Å². The Morgan fingerprint density at radius 3 is 2.42 bits per heavy atom. The maximum Gasteiger partial charge on any atom is 0.307 e. The zero-order valence-electron chi connectivity index (χ0n) is 19.0. The van der Waals surface area contributed by atoms with Crippen LogP contribution in [0, 0.1) is 11.8 Å². The van der Waals surface area contributed by atoms with E-state index in [2.05, 4.69) is 10.6 Å². The van der Waals surface area contributed by atoms with Crippen LogP contribution in [0.1, 0.15) is 41.6 Å². The summed E-state index contributed by atoms with van der Waals surface area (Å²) in [5, 5.41) is 16.4. The van der Waals surface area contributed by atoms with Crippen molar-refractivity contribution in [3.63, 3.8) is 0 Å². The van der Waals surface area contributed by atoms with Gasteiger partial charge in [-0.3, -0.25) is 9.59 Å². The summed E-state index contributed by atoms with van der Waals surface area (Å²) in [6, 6.07) is 16.8. The molecule has 0 atom stereocenters. The predicted molar refractivity (Wildman–Crippen MR) is 130 cm³/mol. The standard InChI is InChI=1S/C27H31N3O3/c1-28-16-18-9-11-19(12-10-18)17-29-27(33)23-15-25(30-24-8-3-2-7-22(23)24)21-6-4-5-20(13-21)14-26(31)32/h2-8,13,15,18-19,28H,9-12,14,16-17H2,1H3,(H,29,33)(H,31,32)/t18-,19-. The second kappa shape index (κ2) is 10.6. The van der Waals surface area contributed by atoms with Crippen LogP contribution in [0.15, 0.2) is 54.6 Å². The second-order valence-corrected chi connectivity index (χ2v) is 9.00. The van der Waals surface area contributed by atoms with Gasteiger partial charge in [-0.1, -0.05) is 36.4 Å². The van der Waals surface area contributed by atoms with E-state index in [1.54, 1.807) is 6.07 Å². The number of hydrogen-bond donors (Lipinski definition) is 3. The van der Waals surface area contributed by atoms with E-state index in [0.29, 0.717) is 29.3 Å². The van der Waals surface area contributed by atoms with Gasteiger partial charge < -0.3 is 15.7 Å². The third-order valence-electron chi connectivity index (χ3n) is 6.55. The zero-order chi connectivity index (χ0) is 23.2. The summed E-state index contributed by atoms with van der Waals surface area (Å²) in [4.78, 5) is 29.1. The van der Waals surface area contributed by atoms with E-state index in [4.69, 9.17) is 10.1 Å². The highest BCUT2D eigenvalue weighted by Crippen LogP contribution is 2.29. The molecule has 1 heterocycles. The lowest BCUT2D eigenvalue weighted by atomic mass is 9.82. The SMILES string of the molecule is CNC[C@H]1CC[C@H](CNC(=O)c2cc(-c3cccc(CC(=O)O)c3)nc3ccccc23)CC1. The van der Waals surface area contributed by atoms with Crippen LogP contribution in [0.2, 0.25) is 0 Å². The minimum Gasteiger partial charge on any atom is -0.481 e. The summed E-state index contributed by atoms with van der Waals surface area (Å²) < 4.78 is 0. The topological polar surface area (TPSA) is 91.3 Å². The first-order chi connectivity index (χ1) is 16.0. The normalized spacial score (nSPS) is 18.2. The van der Waals surface area contributed by atoms with Crippen molar-refractivity contribution in [2.75, 3.05) is 20.1 Å². The van der Waals surface area contributed by atoms with Crippen molar-refractivity contribution in [1.29, 1.82) is 0 Å². The fraction of sp³-hybridized carbons (Fsp3) is 0.370. The monoisotopic (exact) mass is 445 g/mol. The molecule has 1 aromatic heterocycles. The first-order valence-corrected chi connectivity index (χ1v) is 11.7. The van der Waals surface area contributed by atoms with Gasteiger partial charge in [-0.25, -0.2) is 4.98 Å². The summed E-state index contributed by atoms with van der Waals surface area (Å²) in [6.07, 6.45) is 4.65. The lowest BCUT2D eigenvalue weighted by Crippen LogP contribution is -2.32. The molecule has 0 bridgehead atoms. The van der Waals surface area contributed by atoms with Crippen molar-refractivity contribution in [3.05, 3.63) is 65.7 Å². The Bertz CT molecular complexity index is 1140. The Kier molecular flexibility index (Phi) is 7.35. The molecule has 4 rings (SSSR count). The number of carboxylic acid groups (broad SMARTS) is 1. The number of hydrogen-bond acceptors (Lipinski definition) is 4. The third kappa shape index (κ3) is 5.76. The number of fused-ring (bicyclic) bond motifs is 1. The van der Waals surface area contributed by atoms with Crippen molar-refractivity contribution < 1.29 is 14.7 Å². The number of carbonyl (C=O) groups excluding carboxylic acids is 1. The van der Waals surface area contributed by atoms with Crippen LogP contribution in [0.3, 0.4) is 0 Å². The van der Waals surface area contributed by atoms with Crippen LogP contribution in [-0.2, 0) is 11.2 Å². The number of benzene rings is 2. The quantitative estimate of drug-likeness (QED) is 0.481. The molecule has 3 N–H and O–H groups in total. The van der Waals surface area contributed by atoms with Crippen molar-refractivity contribution in [1.82, 2.24) is 15.6 Å². The number of amides is 1. The molecule has 6 nitrogen and oxygen atoms in total. The molecule has 0 radical (unpaired) electrons. The van der Waals surface area contributed by atoms with Gasteiger partial charge in [0.15, 0.2) is 0 Å². The van der Waals surface area contributed by atoms with Crippen LogP contribution in [0.5, 0.6) is 0 Å². The summed E-state index contributed by atoms with van der Waals surface area (Å²) >= 11 is 0. The summed E-state index contributed by atoms with van der Waals surface area (Å²) in [6.45, 7) is 1.75. The first kappa shape index (κ1) is 22.9. The summed E-state index contributed by atoms with van der Waals surface area (Å²) in [5.74, 6) is 0.292. The smallest absolute Gasteiger partial charge is 0.307 e. The van der Waals surface area contributed by atoms with E-state index in [-0.39, 0.29) is 12.3 Å². The molecule has 6 heteroatoms. The van der Waals surface area contributed by atoms with Crippen LogP contribution in [-0.4, -0.2) is 42.1 Å². The summed E-state index contributed by atoms with van der Waals surface area (Å²) in [5.41, 5.74) is 3.52. The Hall–Kier alpha value is -3.25. The van der Waals surface area contributed by atoms with Crippen molar-refractivity contribution in [2.24, 2.45) is 11.8 Å². The van der Waals surface area contributed by atoms with E-state index in [1.807, 2.05) is 55.6 Å².